The highest BCUT2D eigenvalue weighted by atomic mass is 32.2. The Hall–Kier alpha value is -1.11. The number of hydrogen-bond acceptors (Lipinski definition) is 4. The molecule has 0 aliphatic heterocycles. The standard InChI is InChI=1S/C13H22N2O3S/c1-3-14-19(17,18)13-8-6-12(7-9-13)15-11(2)5-4-10-16/h6-9,11,14-16H,3-5,10H2,1-2H3. The van der Waals surface area contributed by atoms with Crippen molar-refractivity contribution in [1.82, 2.24) is 4.72 Å². The van der Waals surface area contributed by atoms with Crippen molar-refractivity contribution >= 4 is 15.7 Å². The lowest BCUT2D eigenvalue weighted by molar-refractivity contribution is 0.282. The number of aliphatic hydroxyl groups excluding tert-OH is 1. The minimum Gasteiger partial charge on any atom is -0.396 e. The number of sulfonamides is 1. The Morgan fingerprint density at radius 2 is 1.89 bits per heavy atom. The molecular formula is C13H22N2O3S. The fourth-order valence-corrected chi connectivity index (χ4v) is 2.80. The van der Waals surface area contributed by atoms with Crippen molar-refractivity contribution < 1.29 is 13.5 Å². The molecule has 1 aromatic rings. The molecule has 0 aromatic heterocycles. The average Bonchev–Trinajstić information content (AvgIpc) is 2.37. The van der Waals surface area contributed by atoms with Crippen LogP contribution in [-0.2, 0) is 10.0 Å². The minimum absolute atomic E-state index is 0.186. The van der Waals surface area contributed by atoms with Gasteiger partial charge in [0, 0.05) is 24.9 Å². The van der Waals surface area contributed by atoms with Gasteiger partial charge in [0.05, 0.1) is 4.90 Å². The molecule has 1 rings (SSSR count). The Morgan fingerprint density at radius 3 is 2.42 bits per heavy atom. The summed E-state index contributed by atoms with van der Waals surface area (Å²) in [6, 6.07) is 6.90. The van der Waals surface area contributed by atoms with Gasteiger partial charge in [0.25, 0.3) is 0 Å². The molecule has 19 heavy (non-hydrogen) atoms. The third-order valence-corrected chi connectivity index (χ3v) is 4.27. The number of aliphatic hydroxyl groups is 1. The van der Waals surface area contributed by atoms with E-state index < -0.39 is 10.0 Å². The molecule has 0 radical (unpaired) electrons. The van der Waals surface area contributed by atoms with Crippen LogP contribution in [0.4, 0.5) is 5.69 Å². The van der Waals surface area contributed by atoms with Crippen molar-refractivity contribution in [2.75, 3.05) is 18.5 Å². The van der Waals surface area contributed by atoms with Gasteiger partial charge < -0.3 is 10.4 Å². The summed E-state index contributed by atoms with van der Waals surface area (Å²) in [6.45, 7) is 4.34. The van der Waals surface area contributed by atoms with Crippen molar-refractivity contribution in [1.29, 1.82) is 0 Å². The van der Waals surface area contributed by atoms with Crippen molar-refractivity contribution in [3.05, 3.63) is 24.3 Å². The van der Waals surface area contributed by atoms with Gasteiger partial charge in [0.2, 0.25) is 10.0 Å². The first kappa shape index (κ1) is 15.9. The van der Waals surface area contributed by atoms with Crippen molar-refractivity contribution in [3.63, 3.8) is 0 Å². The number of nitrogens with one attached hydrogen (secondary N) is 2. The predicted octanol–water partition coefficient (Wildman–Crippen LogP) is 1.56. The second-order valence-corrected chi connectivity index (χ2v) is 6.20. The van der Waals surface area contributed by atoms with Gasteiger partial charge >= 0.3 is 0 Å². The highest BCUT2D eigenvalue weighted by Gasteiger charge is 2.12. The Balaban J connectivity index is 2.66. The molecule has 1 atom stereocenters. The first-order valence-corrected chi connectivity index (χ1v) is 7.95. The van der Waals surface area contributed by atoms with E-state index in [9.17, 15) is 8.42 Å². The Labute approximate surface area is 115 Å². The highest BCUT2D eigenvalue weighted by Crippen LogP contribution is 2.15. The Kier molecular flexibility index (Phi) is 6.27. The van der Waals surface area contributed by atoms with Crippen molar-refractivity contribution in [2.24, 2.45) is 0 Å². The lowest BCUT2D eigenvalue weighted by Gasteiger charge is -2.15. The van der Waals surface area contributed by atoms with Gasteiger partial charge in [-0.15, -0.1) is 0 Å². The maximum absolute atomic E-state index is 11.7. The van der Waals surface area contributed by atoms with E-state index in [1.165, 1.54) is 0 Å². The van der Waals surface area contributed by atoms with Crippen LogP contribution in [0.5, 0.6) is 0 Å². The molecule has 0 fully saturated rings. The molecule has 0 bridgehead atoms. The van der Waals surface area contributed by atoms with E-state index in [1.54, 1.807) is 31.2 Å². The van der Waals surface area contributed by atoms with E-state index in [0.717, 1.165) is 18.5 Å². The molecule has 1 aromatic carbocycles. The predicted molar refractivity (Wildman–Crippen MR) is 76.7 cm³/mol. The molecule has 108 valence electrons. The number of benzene rings is 1. The molecule has 0 spiro atoms. The highest BCUT2D eigenvalue weighted by molar-refractivity contribution is 7.89. The van der Waals surface area contributed by atoms with Crippen LogP contribution in [0.1, 0.15) is 26.7 Å². The molecule has 0 aliphatic carbocycles. The van der Waals surface area contributed by atoms with E-state index in [1.807, 2.05) is 6.92 Å². The maximum atomic E-state index is 11.7. The van der Waals surface area contributed by atoms with Crippen LogP contribution in [0.15, 0.2) is 29.2 Å². The molecule has 3 N–H and O–H groups in total. The summed E-state index contributed by atoms with van der Waals surface area (Å²) in [5.74, 6) is 0. The van der Waals surface area contributed by atoms with Gasteiger partial charge in [-0.2, -0.15) is 0 Å². The van der Waals surface area contributed by atoms with Gasteiger partial charge in [0.15, 0.2) is 0 Å². The molecule has 0 saturated heterocycles. The third kappa shape index (κ3) is 5.18. The fraction of sp³-hybridized carbons (Fsp3) is 0.538. The minimum atomic E-state index is -3.38. The lowest BCUT2D eigenvalue weighted by atomic mass is 10.2. The zero-order valence-corrected chi connectivity index (χ0v) is 12.2. The topological polar surface area (TPSA) is 78.4 Å². The van der Waals surface area contributed by atoms with Gasteiger partial charge in [-0.05, 0) is 44.0 Å². The van der Waals surface area contributed by atoms with E-state index in [4.69, 9.17) is 5.11 Å². The van der Waals surface area contributed by atoms with Crippen LogP contribution in [0.25, 0.3) is 0 Å². The summed E-state index contributed by atoms with van der Waals surface area (Å²) in [6.07, 6.45) is 1.62. The summed E-state index contributed by atoms with van der Waals surface area (Å²) in [4.78, 5) is 0.267. The molecule has 0 heterocycles. The average molecular weight is 286 g/mol. The van der Waals surface area contributed by atoms with Crippen LogP contribution < -0.4 is 10.0 Å². The quantitative estimate of drug-likeness (QED) is 0.677. The summed E-state index contributed by atoms with van der Waals surface area (Å²) in [5, 5.41) is 12.0. The van der Waals surface area contributed by atoms with E-state index >= 15 is 0 Å². The molecular weight excluding hydrogens is 264 g/mol. The summed E-state index contributed by atoms with van der Waals surface area (Å²) < 4.78 is 25.9. The van der Waals surface area contributed by atoms with Crippen LogP contribution in [0, 0.1) is 0 Å². The monoisotopic (exact) mass is 286 g/mol. The first-order chi connectivity index (χ1) is 8.99. The lowest BCUT2D eigenvalue weighted by Crippen LogP contribution is -2.23. The smallest absolute Gasteiger partial charge is 0.240 e. The van der Waals surface area contributed by atoms with E-state index in [0.29, 0.717) is 6.54 Å². The van der Waals surface area contributed by atoms with Crippen molar-refractivity contribution in [2.45, 2.75) is 37.6 Å². The largest absolute Gasteiger partial charge is 0.396 e. The van der Waals surface area contributed by atoms with Crippen LogP contribution in [-0.4, -0.2) is 32.7 Å². The van der Waals surface area contributed by atoms with Gasteiger partial charge in [0.1, 0.15) is 0 Å². The number of hydrogen-bond donors (Lipinski definition) is 3. The van der Waals surface area contributed by atoms with Gasteiger partial charge in [-0.1, -0.05) is 6.92 Å². The third-order valence-electron chi connectivity index (χ3n) is 2.71. The SMILES string of the molecule is CCNS(=O)(=O)c1ccc(NC(C)CCCO)cc1. The Morgan fingerprint density at radius 1 is 1.26 bits per heavy atom. The zero-order valence-electron chi connectivity index (χ0n) is 11.4. The van der Waals surface area contributed by atoms with Crippen LogP contribution >= 0.6 is 0 Å². The van der Waals surface area contributed by atoms with Crippen molar-refractivity contribution in [3.8, 4) is 0 Å². The Bertz CT molecular complexity index is 471. The normalized spacial score (nSPS) is 13.2. The van der Waals surface area contributed by atoms with Gasteiger partial charge in [-0.3, -0.25) is 0 Å². The van der Waals surface area contributed by atoms with E-state index in [2.05, 4.69) is 10.0 Å². The first-order valence-electron chi connectivity index (χ1n) is 6.46. The molecule has 1 unspecified atom stereocenters. The molecule has 0 amide bonds. The molecule has 6 heteroatoms. The van der Waals surface area contributed by atoms with Crippen LogP contribution in [0.3, 0.4) is 0 Å². The van der Waals surface area contributed by atoms with E-state index in [-0.39, 0.29) is 17.5 Å². The summed E-state index contributed by atoms with van der Waals surface area (Å²) >= 11 is 0. The second-order valence-electron chi connectivity index (χ2n) is 4.44. The molecule has 0 saturated carbocycles. The zero-order chi connectivity index (χ0) is 14.3. The summed E-state index contributed by atoms with van der Waals surface area (Å²) in [5.41, 5.74) is 0.876. The number of anilines is 1. The molecule has 0 aliphatic rings. The number of rotatable bonds is 8. The molecule has 5 nitrogen and oxygen atoms in total. The van der Waals surface area contributed by atoms with Gasteiger partial charge in [-0.25, -0.2) is 13.1 Å². The summed E-state index contributed by atoms with van der Waals surface area (Å²) in [7, 11) is -3.38. The second kappa shape index (κ2) is 7.47. The van der Waals surface area contributed by atoms with Crippen LogP contribution in [0.2, 0.25) is 0 Å². The fourth-order valence-electron chi connectivity index (χ4n) is 1.76. The maximum Gasteiger partial charge on any atom is 0.240 e.